The van der Waals surface area contributed by atoms with Crippen LogP contribution in [0.15, 0.2) is 46.9 Å². The molecular formula is C13H10BrO. The van der Waals surface area contributed by atoms with Crippen LogP contribution in [0.4, 0.5) is 0 Å². The Morgan fingerprint density at radius 1 is 1.07 bits per heavy atom. The first-order valence-electron chi connectivity index (χ1n) is 4.61. The normalized spacial score (nSPS) is 10.0. The molecule has 0 aliphatic rings. The monoisotopic (exact) mass is 261 g/mol. The smallest absolute Gasteiger partial charge is 0.127 e. The maximum absolute atomic E-state index is 5.14. The SMILES string of the molecule is COc1[c]ccc(-c2ccc(Br)cc2)c1. The van der Waals surface area contributed by atoms with E-state index in [2.05, 4.69) is 34.1 Å². The first kappa shape index (κ1) is 10.2. The van der Waals surface area contributed by atoms with Gasteiger partial charge in [-0.2, -0.15) is 0 Å². The van der Waals surface area contributed by atoms with Crippen molar-refractivity contribution < 1.29 is 4.74 Å². The first-order valence-corrected chi connectivity index (χ1v) is 5.40. The molecule has 0 saturated carbocycles. The van der Waals surface area contributed by atoms with Crippen LogP contribution in [0.1, 0.15) is 0 Å². The van der Waals surface area contributed by atoms with E-state index in [0.717, 1.165) is 15.8 Å². The van der Waals surface area contributed by atoms with Crippen molar-refractivity contribution in [2.45, 2.75) is 0 Å². The van der Waals surface area contributed by atoms with E-state index in [1.165, 1.54) is 5.56 Å². The highest BCUT2D eigenvalue weighted by molar-refractivity contribution is 9.10. The summed E-state index contributed by atoms with van der Waals surface area (Å²) in [7, 11) is 1.65. The van der Waals surface area contributed by atoms with Gasteiger partial charge in [0, 0.05) is 10.5 Å². The van der Waals surface area contributed by atoms with Gasteiger partial charge >= 0.3 is 0 Å². The second-order valence-corrected chi connectivity index (χ2v) is 4.07. The average molecular weight is 262 g/mol. The predicted octanol–water partition coefficient (Wildman–Crippen LogP) is 3.92. The molecule has 2 rings (SSSR count). The molecule has 0 N–H and O–H groups in total. The molecule has 0 bridgehead atoms. The van der Waals surface area contributed by atoms with E-state index in [-0.39, 0.29) is 0 Å². The zero-order chi connectivity index (χ0) is 10.7. The number of ether oxygens (including phenoxy) is 1. The van der Waals surface area contributed by atoms with Gasteiger partial charge in [-0.15, -0.1) is 0 Å². The van der Waals surface area contributed by atoms with Crippen LogP contribution in [-0.2, 0) is 0 Å². The summed E-state index contributed by atoms with van der Waals surface area (Å²) in [6, 6.07) is 17.1. The summed E-state index contributed by atoms with van der Waals surface area (Å²) < 4.78 is 6.22. The van der Waals surface area contributed by atoms with Gasteiger partial charge in [0.25, 0.3) is 0 Å². The van der Waals surface area contributed by atoms with Crippen molar-refractivity contribution in [1.29, 1.82) is 0 Å². The van der Waals surface area contributed by atoms with Gasteiger partial charge in [-0.3, -0.25) is 0 Å². The van der Waals surface area contributed by atoms with E-state index in [4.69, 9.17) is 4.74 Å². The Labute approximate surface area is 97.8 Å². The van der Waals surface area contributed by atoms with Gasteiger partial charge in [-0.05, 0) is 35.4 Å². The molecule has 0 heterocycles. The summed E-state index contributed by atoms with van der Waals surface area (Å²) >= 11 is 3.42. The van der Waals surface area contributed by atoms with Crippen LogP contribution in [0, 0.1) is 6.07 Å². The molecule has 1 nitrogen and oxygen atoms in total. The van der Waals surface area contributed by atoms with E-state index in [1.807, 2.05) is 30.3 Å². The number of benzene rings is 2. The third-order valence-corrected chi connectivity index (χ3v) is 2.70. The summed E-state index contributed by atoms with van der Waals surface area (Å²) in [6.45, 7) is 0. The number of rotatable bonds is 2. The molecule has 0 atom stereocenters. The minimum Gasteiger partial charge on any atom is -0.496 e. The molecule has 0 aliphatic heterocycles. The van der Waals surface area contributed by atoms with Gasteiger partial charge in [0.05, 0.1) is 7.11 Å². The molecule has 0 amide bonds. The van der Waals surface area contributed by atoms with Crippen LogP contribution >= 0.6 is 15.9 Å². The molecule has 0 fully saturated rings. The second-order valence-electron chi connectivity index (χ2n) is 3.15. The standard InChI is InChI=1S/C13H10BrO/c1-15-13-4-2-3-11(9-13)10-5-7-12(14)8-6-10/h2-3,5-9H,1H3. The lowest BCUT2D eigenvalue weighted by molar-refractivity contribution is 0.414. The molecule has 2 aromatic carbocycles. The van der Waals surface area contributed by atoms with Crippen molar-refractivity contribution in [3.05, 3.63) is 53.0 Å². The van der Waals surface area contributed by atoms with Crippen LogP contribution in [0.25, 0.3) is 11.1 Å². The Morgan fingerprint density at radius 2 is 1.80 bits per heavy atom. The summed E-state index contributed by atoms with van der Waals surface area (Å²) in [5, 5.41) is 0. The quantitative estimate of drug-likeness (QED) is 0.796. The first-order chi connectivity index (χ1) is 7.29. The van der Waals surface area contributed by atoms with Crippen LogP contribution in [0.2, 0.25) is 0 Å². The fourth-order valence-corrected chi connectivity index (χ4v) is 1.65. The van der Waals surface area contributed by atoms with Crippen molar-refractivity contribution in [2.24, 2.45) is 0 Å². The lowest BCUT2D eigenvalue weighted by Gasteiger charge is -2.04. The lowest BCUT2D eigenvalue weighted by atomic mass is 10.1. The number of halogens is 1. The molecular weight excluding hydrogens is 252 g/mol. The second kappa shape index (κ2) is 4.49. The topological polar surface area (TPSA) is 9.23 Å². The minimum absolute atomic E-state index is 0.760. The van der Waals surface area contributed by atoms with E-state index >= 15 is 0 Å². The average Bonchev–Trinajstić information content (AvgIpc) is 2.30. The van der Waals surface area contributed by atoms with Gasteiger partial charge in [-0.25, -0.2) is 0 Å². The Hall–Kier alpha value is -1.28. The molecule has 1 radical (unpaired) electrons. The van der Waals surface area contributed by atoms with Crippen LogP contribution < -0.4 is 4.74 Å². The third kappa shape index (κ3) is 2.39. The van der Waals surface area contributed by atoms with Gasteiger partial charge in [0.15, 0.2) is 0 Å². The minimum atomic E-state index is 0.760. The summed E-state index contributed by atoms with van der Waals surface area (Å²) in [5.74, 6) is 0.760. The number of hydrogen-bond acceptors (Lipinski definition) is 1. The summed E-state index contributed by atoms with van der Waals surface area (Å²) in [5.41, 5.74) is 2.31. The van der Waals surface area contributed by atoms with E-state index in [9.17, 15) is 0 Å². The fourth-order valence-electron chi connectivity index (χ4n) is 1.38. The number of methoxy groups -OCH3 is 1. The van der Waals surface area contributed by atoms with Crippen LogP contribution in [0.3, 0.4) is 0 Å². The molecule has 2 aromatic rings. The lowest BCUT2D eigenvalue weighted by Crippen LogP contribution is -1.83. The van der Waals surface area contributed by atoms with Crippen molar-refractivity contribution in [2.75, 3.05) is 7.11 Å². The largest absolute Gasteiger partial charge is 0.496 e. The van der Waals surface area contributed by atoms with Gasteiger partial charge in [-0.1, -0.05) is 34.1 Å². The van der Waals surface area contributed by atoms with Gasteiger partial charge < -0.3 is 4.74 Å². The van der Waals surface area contributed by atoms with Gasteiger partial charge in [0.1, 0.15) is 5.75 Å². The molecule has 75 valence electrons. The molecule has 0 aliphatic carbocycles. The number of hydrogen-bond donors (Lipinski definition) is 0. The zero-order valence-corrected chi connectivity index (χ0v) is 9.91. The Bertz CT molecular complexity index is 448. The van der Waals surface area contributed by atoms with Crippen molar-refractivity contribution in [3.63, 3.8) is 0 Å². The Morgan fingerprint density at radius 3 is 2.47 bits per heavy atom. The predicted molar refractivity (Wildman–Crippen MR) is 65.0 cm³/mol. The summed E-state index contributed by atoms with van der Waals surface area (Å²) in [6.07, 6.45) is 0. The maximum atomic E-state index is 5.14. The van der Waals surface area contributed by atoms with E-state index < -0.39 is 0 Å². The Balaban J connectivity index is 2.40. The summed E-state index contributed by atoms with van der Waals surface area (Å²) in [4.78, 5) is 0. The molecule has 0 spiro atoms. The maximum Gasteiger partial charge on any atom is 0.127 e. The van der Waals surface area contributed by atoms with Crippen molar-refractivity contribution >= 4 is 15.9 Å². The highest BCUT2D eigenvalue weighted by atomic mass is 79.9. The van der Waals surface area contributed by atoms with E-state index in [0.29, 0.717) is 0 Å². The van der Waals surface area contributed by atoms with Gasteiger partial charge in [0.2, 0.25) is 0 Å². The highest BCUT2D eigenvalue weighted by Gasteiger charge is 1.99. The zero-order valence-electron chi connectivity index (χ0n) is 8.33. The van der Waals surface area contributed by atoms with Crippen LogP contribution in [-0.4, -0.2) is 7.11 Å². The third-order valence-electron chi connectivity index (χ3n) is 2.17. The molecule has 0 saturated heterocycles. The van der Waals surface area contributed by atoms with Crippen LogP contribution in [0.5, 0.6) is 5.75 Å². The molecule has 2 heteroatoms. The van der Waals surface area contributed by atoms with Crippen molar-refractivity contribution in [3.8, 4) is 16.9 Å². The molecule has 0 aromatic heterocycles. The van der Waals surface area contributed by atoms with E-state index in [1.54, 1.807) is 7.11 Å². The molecule has 0 unspecified atom stereocenters. The molecule has 15 heavy (non-hydrogen) atoms. The Kier molecular flexibility index (Phi) is 3.07. The highest BCUT2D eigenvalue weighted by Crippen LogP contribution is 2.24. The van der Waals surface area contributed by atoms with Crippen molar-refractivity contribution in [1.82, 2.24) is 0 Å². The fraction of sp³-hybridized carbons (Fsp3) is 0.0769.